The number of nitrogens with zero attached hydrogens (tertiary/aromatic N) is 1. The number of carbonyl (C=O) groups is 2. The van der Waals surface area contributed by atoms with Crippen LogP contribution in [0.5, 0.6) is 0 Å². The minimum Gasteiger partial charge on any atom is -0.480 e. The van der Waals surface area contributed by atoms with Gasteiger partial charge in [-0.3, -0.25) is 4.79 Å². The number of thioether (sulfide) groups is 1. The Hall–Kier alpha value is -1.20. The van der Waals surface area contributed by atoms with E-state index in [-0.39, 0.29) is 17.2 Å². The summed E-state index contributed by atoms with van der Waals surface area (Å²) >= 11 is 7.56. The van der Waals surface area contributed by atoms with Crippen LogP contribution >= 0.6 is 23.4 Å². The van der Waals surface area contributed by atoms with Gasteiger partial charge in [0.05, 0.1) is 16.0 Å². The molecule has 1 saturated heterocycles. The van der Waals surface area contributed by atoms with E-state index in [4.69, 9.17) is 11.6 Å². The molecule has 0 saturated carbocycles. The first kappa shape index (κ1) is 15.2. The average molecular weight is 314 g/mol. The first-order valence-corrected chi connectivity index (χ1v) is 7.77. The van der Waals surface area contributed by atoms with E-state index in [0.29, 0.717) is 16.3 Å². The maximum Gasteiger partial charge on any atom is 0.327 e. The molecule has 1 N–H and O–H groups in total. The Bertz CT molecular complexity index is 535. The Balaban J connectivity index is 2.37. The molecule has 1 fully saturated rings. The maximum atomic E-state index is 12.7. The highest BCUT2D eigenvalue weighted by molar-refractivity contribution is 8.00. The molecule has 4 nitrogen and oxygen atoms in total. The maximum absolute atomic E-state index is 12.7. The molecule has 0 bridgehead atoms. The van der Waals surface area contributed by atoms with Crippen LogP contribution in [-0.2, 0) is 4.79 Å². The predicted octanol–water partition coefficient (Wildman–Crippen LogP) is 2.96. The zero-order chi connectivity index (χ0) is 14.9. The Labute approximate surface area is 127 Å². The molecule has 0 aromatic heterocycles. The summed E-state index contributed by atoms with van der Waals surface area (Å²) in [5.41, 5.74) is 0.355. The van der Waals surface area contributed by atoms with Gasteiger partial charge in [0.25, 0.3) is 5.91 Å². The van der Waals surface area contributed by atoms with Crippen molar-refractivity contribution in [1.82, 2.24) is 4.90 Å². The van der Waals surface area contributed by atoms with Crippen molar-refractivity contribution in [1.29, 1.82) is 0 Å². The molecule has 1 aliphatic rings. The summed E-state index contributed by atoms with van der Waals surface area (Å²) in [6, 6.07) is 5.94. The summed E-state index contributed by atoms with van der Waals surface area (Å²) in [4.78, 5) is 25.5. The van der Waals surface area contributed by atoms with Crippen LogP contribution < -0.4 is 0 Å². The smallest absolute Gasteiger partial charge is 0.327 e. The van der Waals surface area contributed by atoms with Crippen LogP contribution in [0.25, 0.3) is 0 Å². The van der Waals surface area contributed by atoms with E-state index >= 15 is 0 Å². The third-order valence-electron chi connectivity index (χ3n) is 3.23. The molecule has 108 valence electrons. The third kappa shape index (κ3) is 2.79. The number of amides is 1. The van der Waals surface area contributed by atoms with Crippen LogP contribution in [0.4, 0.5) is 0 Å². The molecule has 0 unspecified atom stereocenters. The second-order valence-corrected chi connectivity index (χ2v) is 6.57. The lowest BCUT2D eigenvalue weighted by Gasteiger charge is -2.30. The summed E-state index contributed by atoms with van der Waals surface area (Å²) < 4.78 is 0. The number of carboxylic acids is 1. The van der Waals surface area contributed by atoms with Crippen molar-refractivity contribution in [2.24, 2.45) is 5.92 Å². The number of hydrogen-bond acceptors (Lipinski definition) is 3. The topological polar surface area (TPSA) is 57.6 Å². The van der Waals surface area contributed by atoms with Crippen molar-refractivity contribution in [2.45, 2.75) is 25.3 Å². The van der Waals surface area contributed by atoms with Gasteiger partial charge in [0.2, 0.25) is 0 Å². The van der Waals surface area contributed by atoms with Gasteiger partial charge in [-0.2, -0.15) is 0 Å². The minimum absolute atomic E-state index is 0.139. The summed E-state index contributed by atoms with van der Waals surface area (Å²) in [6.45, 7) is 3.96. The number of benzene rings is 1. The van der Waals surface area contributed by atoms with Gasteiger partial charge >= 0.3 is 5.97 Å². The third-order valence-corrected chi connectivity index (χ3v) is 5.18. The molecular weight excluding hydrogens is 298 g/mol. The van der Waals surface area contributed by atoms with Crippen molar-refractivity contribution in [3.05, 3.63) is 34.9 Å². The van der Waals surface area contributed by atoms with Gasteiger partial charge in [0.1, 0.15) is 6.04 Å². The lowest BCUT2D eigenvalue weighted by molar-refractivity contribution is -0.141. The highest BCUT2D eigenvalue weighted by Gasteiger charge is 2.43. The molecule has 0 radical (unpaired) electrons. The number of carbonyl (C=O) groups excluding carboxylic acids is 1. The molecule has 0 spiro atoms. The van der Waals surface area contributed by atoms with E-state index in [1.165, 1.54) is 16.7 Å². The lowest BCUT2D eigenvalue weighted by atomic mass is 10.1. The van der Waals surface area contributed by atoms with Gasteiger partial charge in [0, 0.05) is 5.75 Å². The van der Waals surface area contributed by atoms with Gasteiger partial charge < -0.3 is 10.0 Å². The van der Waals surface area contributed by atoms with Crippen molar-refractivity contribution in [2.75, 3.05) is 5.75 Å². The van der Waals surface area contributed by atoms with Crippen LogP contribution in [-0.4, -0.2) is 39.1 Å². The molecule has 20 heavy (non-hydrogen) atoms. The van der Waals surface area contributed by atoms with Crippen LogP contribution in [0.15, 0.2) is 24.3 Å². The molecule has 2 atom stereocenters. The van der Waals surface area contributed by atoms with Gasteiger partial charge in [0.15, 0.2) is 0 Å². The molecular formula is C14H16ClNO3S. The van der Waals surface area contributed by atoms with E-state index in [1.54, 1.807) is 24.3 Å². The SMILES string of the molecule is CC(C)[C@H]1SC[C@H](C(=O)O)N1C(=O)c1ccccc1Cl. The van der Waals surface area contributed by atoms with Crippen LogP contribution in [0.1, 0.15) is 24.2 Å². The van der Waals surface area contributed by atoms with Crippen molar-refractivity contribution < 1.29 is 14.7 Å². The zero-order valence-corrected chi connectivity index (χ0v) is 12.8. The molecule has 1 aromatic carbocycles. The van der Waals surface area contributed by atoms with E-state index < -0.39 is 12.0 Å². The summed E-state index contributed by atoms with van der Waals surface area (Å²) in [5, 5.41) is 9.52. The van der Waals surface area contributed by atoms with Crippen molar-refractivity contribution in [3.63, 3.8) is 0 Å². The standard InChI is InChI=1S/C14H16ClNO3S/c1-8(2)13-16(11(7-20-13)14(18)19)12(17)9-5-3-4-6-10(9)15/h3-6,8,11,13H,7H2,1-2H3,(H,18,19)/t11-,13-/m1/s1. The quantitative estimate of drug-likeness (QED) is 0.932. The molecule has 6 heteroatoms. The van der Waals surface area contributed by atoms with Crippen molar-refractivity contribution >= 4 is 35.2 Å². The van der Waals surface area contributed by atoms with E-state index in [1.807, 2.05) is 13.8 Å². The molecule has 1 aromatic rings. The fourth-order valence-corrected chi connectivity index (χ4v) is 3.95. The minimum atomic E-state index is -0.971. The van der Waals surface area contributed by atoms with Crippen LogP contribution in [0.3, 0.4) is 0 Å². The van der Waals surface area contributed by atoms with Gasteiger partial charge in [-0.15, -0.1) is 11.8 Å². The van der Waals surface area contributed by atoms with E-state index in [2.05, 4.69) is 0 Å². The van der Waals surface area contributed by atoms with E-state index in [9.17, 15) is 14.7 Å². The number of halogens is 1. The van der Waals surface area contributed by atoms with Crippen LogP contribution in [0, 0.1) is 5.92 Å². The van der Waals surface area contributed by atoms with Gasteiger partial charge in [-0.25, -0.2) is 4.79 Å². The lowest BCUT2D eigenvalue weighted by Crippen LogP contribution is -2.47. The monoisotopic (exact) mass is 313 g/mol. The number of carboxylic acid groups (broad SMARTS) is 1. The first-order chi connectivity index (χ1) is 9.43. The molecule has 0 aliphatic carbocycles. The summed E-state index contributed by atoms with van der Waals surface area (Å²) in [6.07, 6.45) is 0. The Morgan fingerprint density at radius 1 is 1.40 bits per heavy atom. The number of aliphatic carboxylic acids is 1. The largest absolute Gasteiger partial charge is 0.480 e. The summed E-state index contributed by atoms with van der Waals surface area (Å²) in [7, 11) is 0. The number of rotatable bonds is 3. The predicted molar refractivity (Wildman–Crippen MR) is 80.1 cm³/mol. The fraction of sp³-hybridized carbons (Fsp3) is 0.429. The van der Waals surface area contributed by atoms with Crippen molar-refractivity contribution in [3.8, 4) is 0 Å². The van der Waals surface area contributed by atoms with E-state index in [0.717, 1.165) is 0 Å². The first-order valence-electron chi connectivity index (χ1n) is 6.35. The average Bonchev–Trinajstić information content (AvgIpc) is 2.83. The fourth-order valence-electron chi connectivity index (χ4n) is 2.26. The molecule has 1 amide bonds. The molecule has 2 rings (SSSR count). The zero-order valence-electron chi connectivity index (χ0n) is 11.2. The molecule has 1 heterocycles. The number of hydrogen-bond donors (Lipinski definition) is 1. The van der Waals surface area contributed by atoms with Gasteiger partial charge in [-0.05, 0) is 18.1 Å². The highest BCUT2D eigenvalue weighted by atomic mass is 35.5. The second kappa shape index (κ2) is 6.06. The Kier molecular flexibility index (Phi) is 4.60. The molecule has 1 aliphatic heterocycles. The normalized spacial score (nSPS) is 22.3. The van der Waals surface area contributed by atoms with Gasteiger partial charge in [-0.1, -0.05) is 37.6 Å². The Morgan fingerprint density at radius 2 is 2.05 bits per heavy atom. The highest BCUT2D eigenvalue weighted by Crippen LogP contribution is 2.36. The van der Waals surface area contributed by atoms with Crippen LogP contribution in [0.2, 0.25) is 5.02 Å². The summed E-state index contributed by atoms with van der Waals surface area (Å²) in [5.74, 6) is -0.697. The second-order valence-electron chi connectivity index (χ2n) is 5.01. The Morgan fingerprint density at radius 3 is 2.60 bits per heavy atom.